The summed E-state index contributed by atoms with van der Waals surface area (Å²) in [5, 5.41) is 3.80. The summed E-state index contributed by atoms with van der Waals surface area (Å²) in [4.78, 5) is 8.55. The van der Waals surface area contributed by atoms with E-state index in [-0.39, 0.29) is 6.04 Å². The van der Waals surface area contributed by atoms with Crippen molar-refractivity contribution in [3.05, 3.63) is 103 Å². The van der Waals surface area contributed by atoms with Crippen LogP contribution in [0.5, 0.6) is 0 Å². The van der Waals surface area contributed by atoms with Crippen LogP contribution in [0, 0.1) is 5.92 Å². The number of hydrogen-bond acceptors (Lipinski definition) is 2. The molecule has 3 heteroatoms. The average molecular weight is 436 g/mol. The first-order valence-corrected chi connectivity index (χ1v) is 12.3. The van der Waals surface area contributed by atoms with Gasteiger partial charge in [-0.2, -0.15) is 0 Å². The van der Waals surface area contributed by atoms with Gasteiger partial charge in [0, 0.05) is 18.3 Å². The topological polar surface area (TPSA) is 40.7 Å². The molecular formula is C30H33N3. The second-order valence-electron chi connectivity index (χ2n) is 9.27. The summed E-state index contributed by atoms with van der Waals surface area (Å²) >= 11 is 0. The summed E-state index contributed by atoms with van der Waals surface area (Å²) in [6.07, 6.45) is 10.0. The number of H-pyrrole nitrogens is 1. The first kappa shape index (κ1) is 21.7. The molecule has 1 aromatic heterocycles. The molecule has 1 fully saturated rings. The van der Waals surface area contributed by atoms with E-state index in [9.17, 15) is 0 Å². The molecule has 168 valence electrons. The van der Waals surface area contributed by atoms with Crippen molar-refractivity contribution in [2.24, 2.45) is 5.92 Å². The van der Waals surface area contributed by atoms with Crippen molar-refractivity contribution in [2.75, 3.05) is 0 Å². The second kappa shape index (κ2) is 10.6. The number of rotatable bonds is 8. The highest BCUT2D eigenvalue weighted by atomic mass is 15.0. The first-order valence-electron chi connectivity index (χ1n) is 12.3. The van der Waals surface area contributed by atoms with Crippen LogP contribution in [-0.2, 0) is 6.54 Å². The first-order chi connectivity index (χ1) is 16.3. The van der Waals surface area contributed by atoms with Crippen LogP contribution in [0.4, 0.5) is 0 Å². The Bertz CT molecular complexity index is 1110. The van der Waals surface area contributed by atoms with Crippen LogP contribution in [0.2, 0.25) is 0 Å². The van der Waals surface area contributed by atoms with Gasteiger partial charge >= 0.3 is 0 Å². The lowest BCUT2D eigenvalue weighted by molar-refractivity contribution is 0.294. The molecule has 1 heterocycles. The molecule has 0 saturated heterocycles. The van der Waals surface area contributed by atoms with Crippen LogP contribution in [0.15, 0.2) is 91.1 Å². The zero-order chi connectivity index (χ0) is 22.3. The molecule has 2 N–H and O–H groups in total. The number of aromatic amines is 1. The lowest BCUT2D eigenvalue weighted by Crippen LogP contribution is -2.25. The van der Waals surface area contributed by atoms with Crippen LogP contribution in [0.1, 0.15) is 56.0 Å². The number of aromatic nitrogens is 2. The maximum Gasteiger partial charge on any atom is 0.124 e. The maximum absolute atomic E-state index is 5.04. The van der Waals surface area contributed by atoms with E-state index < -0.39 is 0 Å². The van der Waals surface area contributed by atoms with Crippen molar-refractivity contribution < 1.29 is 0 Å². The van der Waals surface area contributed by atoms with Crippen molar-refractivity contribution in [1.82, 2.24) is 15.3 Å². The third kappa shape index (κ3) is 5.61. The zero-order valence-corrected chi connectivity index (χ0v) is 19.2. The van der Waals surface area contributed by atoms with Crippen molar-refractivity contribution in [3.63, 3.8) is 0 Å². The molecule has 0 amide bonds. The number of benzene rings is 3. The molecule has 33 heavy (non-hydrogen) atoms. The SMILES string of the molecule is c1ccc(CNC(CC2CCCCC2)c2nc(-c3ccc(-c4ccccc4)cc3)c[nH]2)cc1. The molecule has 1 unspecified atom stereocenters. The Kier molecular flexibility index (Phi) is 6.98. The molecule has 0 radical (unpaired) electrons. The van der Waals surface area contributed by atoms with E-state index in [4.69, 9.17) is 4.98 Å². The fraction of sp³-hybridized carbons (Fsp3) is 0.300. The monoisotopic (exact) mass is 435 g/mol. The summed E-state index contributed by atoms with van der Waals surface area (Å²) in [6.45, 7) is 0.861. The molecule has 0 aliphatic heterocycles. The van der Waals surface area contributed by atoms with Gasteiger partial charge in [-0.1, -0.05) is 117 Å². The molecule has 3 aromatic carbocycles. The molecule has 5 rings (SSSR count). The van der Waals surface area contributed by atoms with Crippen LogP contribution in [0.25, 0.3) is 22.4 Å². The van der Waals surface area contributed by atoms with Crippen molar-refractivity contribution >= 4 is 0 Å². The summed E-state index contributed by atoms with van der Waals surface area (Å²) in [5.41, 5.74) is 5.95. The standard InChI is InChI=1S/C30H33N3/c1-4-10-23(11-5-1)20-28(31-21-24-12-6-2-7-13-24)30-32-22-29(33-30)27-18-16-26(17-19-27)25-14-8-3-9-15-25/h2-3,6-9,12-19,22-23,28,31H,1,4-5,10-11,20-21H2,(H,32,33). The molecule has 3 nitrogen and oxygen atoms in total. The van der Waals surface area contributed by atoms with Gasteiger partial charge in [-0.15, -0.1) is 0 Å². The number of nitrogens with one attached hydrogen (secondary N) is 2. The molecule has 1 saturated carbocycles. The van der Waals surface area contributed by atoms with Gasteiger partial charge in [0.05, 0.1) is 11.7 Å². The number of nitrogens with zero attached hydrogens (tertiary/aromatic N) is 1. The van der Waals surface area contributed by atoms with E-state index >= 15 is 0 Å². The van der Waals surface area contributed by atoms with Crippen LogP contribution in [0.3, 0.4) is 0 Å². The van der Waals surface area contributed by atoms with E-state index in [1.165, 1.54) is 48.8 Å². The molecule has 1 aliphatic carbocycles. The summed E-state index contributed by atoms with van der Waals surface area (Å²) in [7, 11) is 0. The van der Waals surface area contributed by atoms with E-state index in [0.29, 0.717) is 0 Å². The minimum atomic E-state index is 0.241. The van der Waals surface area contributed by atoms with Crippen LogP contribution >= 0.6 is 0 Å². The maximum atomic E-state index is 5.04. The predicted molar refractivity (Wildman–Crippen MR) is 137 cm³/mol. The third-order valence-electron chi connectivity index (χ3n) is 6.90. The predicted octanol–water partition coefficient (Wildman–Crippen LogP) is 7.55. The van der Waals surface area contributed by atoms with Crippen molar-refractivity contribution in [1.29, 1.82) is 0 Å². The lowest BCUT2D eigenvalue weighted by Gasteiger charge is -2.26. The fourth-order valence-corrected chi connectivity index (χ4v) is 5.01. The van der Waals surface area contributed by atoms with Gasteiger partial charge in [0.1, 0.15) is 5.82 Å². The van der Waals surface area contributed by atoms with E-state index in [1.807, 2.05) is 0 Å². The molecular weight excluding hydrogens is 402 g/mol. The minimum absolute atomic E-state index is 0.241. The van der Waals surface area contributed by atoms with E-state index in [2.05, 4.69) is 101 Å². The zero-order valence-electron chi connectivity index (χ0n) is 19.2. The van der Waals surface area contributed by atoms with E-state index in [0.717, 1.165) is 36.0 Å². The van der Waals surface area contributed by atoms with Gasteiger partial charge in [-0.25, -0.2) is 4.98 Å². The highest BCUT2D eigenvalue weighted by Crippen LogP contribution is 2.32. The van der Waals surface area contributed by atoms with Crippen LogP contribution < -0.4 is 5.32 Å². The third-order valence-corrected chi connectivity index (χ3v) is 6.90. The Morgan fingerprint density at radius 3 is 2.12 bits per heavy atom. The summed E-state index contributed by atoms with van der Waals surface area (Å²) in [5.74, 6) is 1.84. The van der Waals surface area contributed by atoms with E-state index in [1.54, 1.807) is 0 Å². The average Bonchev–Trinajstić information content (AvgIpc) is 3.39. The van der Waals surface area contributed by atoms with Gasteiger partial charge in [0.2, 0.25) is 0 Å². The number of imidazole rings is 1. The minimum Gasteiger partial charge on any atom is -0.347 e. The fourth-order valence-electron chi connectivity index (χ4n) is 5.01. The number of hydrogen-bond donors (Lipinski definition) is 2. The largest absolute Gasteiger partial charge is 0.347 e. The normalized spacial score (nSPS) is 15.4. The highest BCUT2D eigenvalue weighted by Gasteiger charge is 2.22. The summed E-state index contributed by atoms with van der Waals surface area (Å²) in [6, 6.07) is 30.1. The molecule has 1 atom stereocenters. The molecule has 4 aromatic rings. The van der Waals surface area contributed by atoms with Gasteiger partial charge in [-0.05, 0) is 29.0 Å². The van der Waals surface area contributed by atoms with Gasteiger partial charge < -0.3 is 10.3 Å². The van der Waals surface area contributed by atoms with Crippen LogP contribution in [-0.4, -0.2) is 9.97 Å². The Balaban J connectivity index is 1.33. The molecule has 0 spiro atoms. The Morgan fingerprint density at radius 1 is 0.758 bits per heavy atom. The van der Waals surface area contributed by atoms with Gasteiger partial charge in [0.25, 0.3) is 0 Å². The Hall–Kier alpha value is -3.17. The van der Waals surface area contributed by atoms with Crippen molar-refractivity contribution in [3.8, 4) is 22.4 Å². The van der Waals surface area contributed by atoms with Gasteiger partial charge in [0.15, 0.2) is 0 Å². The lowest BCUT2D eigenvalue weighted by atomic mass is 9.84. The molecule has 1 aliphatic rings. The Labute approximate surface area is 197 Å². The smallest absolute Gasteiger partial charge is 0.124 e. The quantitative estimate of drug-likeness (QED) is 0.300. The summed E-state index contributed by atoms with van der Waals surface area (Å²) < 4.78 is 0. The Morgan fingerprint density at radius 2 is 1.39 bits per heavy atom. The highest BCUT2D eigenvalue weighted by molar-refractivity contribution is 5.68. The van der Waals surface area contributed by atoms with Gasteiger partial charge in [-0.3, -0.25) is 0 Å². The molecule has 0 bridgehead atoms. The van der Waals surface area contributed by atoms with Crippen molar-refractivity contribution in [2.45, 2.75) is 51.1 Å². The second-order valence-corrected chi connectivity index (χ2v) is 9.27.